The Morgan fingerprint density at radius 1 is 1.00 bits per heavy atom. The summed E-state index contributed by atoms with van der Waals surface area (Å²) in [5, 5.41) is 8.31. The lowest BCUT2D eigenvalue weighted by Gasteiger charge is -2.38. The number of rotatable bonds is 4. The lowest BCUT2D eigenvalue weighted by Crippen LogP contribution is -2.48. The predicted octanol–water partition coefficient (Wildman–Crippen LogP) is 4.26. The van der Waals surface area contributed by atoms with Crippen LogP contribution in [0, 0.1) is 18.8 Å². The number of aryl methyl sites for hydroxylation is 2. The summed E-state index contributed by atoms with van der Waals surface area (Å²) < 4.78 is 40.8. The molecule has 4 heterocycles. The van der Waals surface area contributed by atoms with Crippen LogP contribution in [0.25, 0.3) is 0 Å². The number of hydrogen-bond donors (Lipinski definition) is 1. The highest BCUT2D eigenvalue weighted by Gasteiger charge is 2.43. The molecule has 1 aliphatic carbocycles. The van der Waals surface area contributed by atoms with E-state index in [-0.39, 0.29) is 6.04 Å². The standard InChI is InChI=1S/C24H27F3N8/c1-15-11-20(29-14-28-15)33-12-16-3-4-17(13-33)21(16)30-22-31-23-34(9-2-10-35(23)32-22)19-7-5-18(6-8-19)24(25,26)27/h5-8,11,14,16-17,21H,2-4,9-10,12-13H2,1H3,(H,30,32). The van der Waals surface area contributed by atoms with Crippen molar-refractivity contribution in [2.24, 2.45) is 11.8 Å². The van der Waals surface area contributed by atoms with Crippen LogP contribution in [0.2, 0.25) is 0 Å². The molecule has 3 aromatic rings. The minimum Gasteiger partial charge on any atom is -0.356 e. The zero-order chi connectivity index (χ0) is 24.2. The monoisotopic (exact) mass is 484 g/mol. The first kappa shape index (κ1) is 22.1. The first-order chi connectivity index (χ1) is 16.8. The molecular weight excluding hydrogens is 457 g/mol. The van der Waals surface area contributed by atoms with Crippen molar-refractivity contribution in [3.63, 3.8) is 0 Å². The third-order valence-electron chi connectivity index (χ3n) is 7.39. The molecule has 2 aromatic heterocycles. The maximum atomic E-state index is 13.0. The fraction of sp³-hybridized carbons (Fsp3) is 0.500. The molecule has 2 bridgehead atoms. The smallest absolute Gasteiger partial charge is 0.356 e. The van der Waals surface area contributed by atoms with Gasteiger partial charge in [0.25, 0.3) is 0 Å². The van der Waals surface area contributed by atoms with Crippen molar-refractivity contribution in [1.82, 2.24) is 24.7 Å². The molecule has 1 saturated heterocycles. The van der Waals surface area contributed by atoms with Crippen LogP contribution in [-0.2, 0) is 12.7 Å². The first-order valence-electron chi connectivity index (χ1n) is 12.0. The Balaban J connectivity index is 1.19. The molecule has 2 atom stereocenters. The molecule has 2 unspecified atom stereocenters. The lowest BCUT2D eigenvalue weighted by molar-refractivity contribution is -0.137. The van der Waals surface area contributed by atoms with E-state index < -0.39 is 11.7 Å². The van der Waals surface area contributed by atoms with Gasteiger partial charge in [-0.25, -0.2) is 14.6 Å². The molecule has 0 spiro atoms. The number of nitrogens with zero attached hydrogens (tertiary/aromatic N) is 7. The summed E-state index contributed by atoms with van der Waals surface area (Å²) in [5.41, 5.74) is 1.00. The number of hydrogen-bond acceptors (Lipinski definition) is 7. The van der Waals surface area contributed by atoms with Gasteiger partial charge in [-0.15, -0.1) is 5.10 Å². The average Bonchev–Trinajstić information content (AvgIpc) is 3.34. The quantitative estimate of drug-likeness (QED) is 0.593. The summed E-state index contributed by atoms with van der Waals surface area (Å²) in [6, 6.07) is 7.57. The van der Waals surface area contributed by atoms with Gasteiger partial charge in [-0.1, -0.05) is 0 Å². The van der Waals surface area contributed by atoms with Crippen LogP contribution in [0.15, 0.2) is 36.7 Å². The number of halogens is 3. The molecule has 2 fully saturated rings. The van der Waals surface area contributed by atoms with Gasteiger partial charge in [0.2, 0.25) is 11.9 Å². The SMILES string of the molecule is Cc1cc(N2CC3CCC(C2)C3Nc2nc3n(n2)CCCN3c2ccc(C(F)(F)F)cc2)ncn1. The van der Waals surface area contributed by atoms with Crippen LogP contribution in [0.1, 0.15) is 30.5 Å². The molecule has 35 heavy (non-hydrogen) atoms. The van der Waals surface area contributed by atoms with Gasteiger partial charge < -0.3 is 15.1 Å². The molecule has 1 saturated carbocycles. The molecule has 0 amide bonds. The van der Waals surface area contributed by atoms with Gasteiger partial charge in [-0.3, -0.25) is 0 Å². The van der Waals surface area contributed by atoms with E-state index in [1.807, 2.05) is 22.6 Å². The van der Waals surface area contributed by atoms with Crippen LogP contribution < -0.4 is 15.1 Å². The van der Waals surface area contributed by atoms with Crippen molar-refractivity contribution in [1.29, 1.82) is 0 Å². The summed E-state index contributed by atoms with van der Waals surface area (Å²) in [7, 11) is 0. The first-order valence-corrected chi connectivity index (χ1v) is 12.0. The maximum absolute atomic E-state index is 13.0. The van der Waals surface area contributed by atoms with Crippen molar-refractivity contribution in [3.8, 4) is 0 Å². The zero-order valence-electron chi connectivity index (χ0n) is 19.4. The van der Waals surface area contributed by atoms with Crippen LogP contribution in [0.5, 0.6) is 0 Å². The van der Waals surface area contributed by atoms with E-state index in [9.17, 15) is 13.2 Å². The van der Waals surface area contributed by atoms with Crippen molar-refractivity contribution in [3.05, 3.63) is 47.9 Å². The third kappa shape index (κ3) is 4.17. The number of piperidine rings is 1. The number of fused-ring (bicyclic) bond motifs is 3. The average molecular weight is 485 g/mol. The van der Waals surface area contributed by atoms with E-state index in [0.717, 1.165) is 62.5 Å². The summed E-state index contributed by atoms with van der Waals surface area (Å²) in [6.45, 7) is 5.25. The fourth-order valence-electron chi connectivity index (χ4n) is 5.71. The number of alkyl halides is 3. The van der Waals surface area contributed by atoms with E-state index in [1.54, 1.807) is 6.33 Å². The zero-order valence-corrected chi connectivity index (χ0v) is 19.4. The van der Waals surface area contributed by atoms with Gasteiger partial charge in [0.05, 0.1) is 5.56 Å². The van der Waals surface area contributed by atoms with Crippen molar-refractivity contribution in [2.75, 3.05) is 34.8 Å². The Morgan fingerprint density at radius 2 is 1.74 bits per heavy atom. The number of nitrogens with one attached hydrogen (secondary N) is 1. The highest BCUT2D eigenvalue weighted by atomic mass is 19.4. The highest BCUT2D eigenvalue weighted by Crippen LogP contribution is 2.40. The topological polar surface area (TPSA) is 75.0 Å². The fourth-order valence-corrected chi connectivity index (χ4v) is 5.71. The number of anilines is 4. The normalized spacial score (nSPS) is 23.9. The van der Waals surface area contributed by atoms with E-state index in [4.69, 9.17) is 10.1 Å². The molecule has 8 nitrogen and oxygen atoms in total. The van der Waals surface area contributed by atoms with Gasteiger partial charge in [0.15, 0.2) is 0 Å². The van der Waals surface area contributed by atoms with E-state index >= 15 is 0 Å². The van der Waals surface area contributed by atoms with E-state index in [2.05, 4.69) is 20.2 Å². The molecular formula is C24H27F3N8. The summed E-state index contributed by atoms with van der Waals surface area (Å²) in [4.78, 5) is 17.7. The van der Waals surface area contributed by atoms with Crippen LogP contribution in [0.4, 0.5) is 36.6 Å². The lowest BCUT2D eigenvalue weighted by atomic mass is 9.92. The van der Waals surface area contributed by atoms with Crippen molar-refractivity contribution < 1.29 is 13.2 Å². The molecule has 184 valence electrons. The Bertz CT molecular complexity index is 1190. The summed E-state index contributed by atoms with van der Waals surface area (Å²) in [6.07, 6.45) is 0.415. The second-order valence-electron chi connectivity index (χ2n) is 9.70. The largest absolute Gasteiger partial charge is 0.416 e. The van der Waals surface area contributed by atoms with Gasteiger partial charge >= 0.3 is 6.18 Å². The van der Waals surface area contributed by atoms with Gasteiger partial charge in [0, 0.05) is 49.7 Å². The summed E-state index contributed by atoms with van der Waals surface area (Å²) >= 11 is 0. The Hall–Kier alpha value is -3.37. The molecule has 0 radical (unpaired) electrons. The van der Waals surface area contributed by atoms with Crippen LogP contribution >= 0.6 is 0 Å². The molecule has 1 aromatic carbocycles. The molecule has 3 aliphatic rings. The highest BCUT2D eigenvalue weighted by molar-refractivity contribution is 5.60. The molecule has 1 N–H and O–H groups in total. The van der Waals surface area contributed by atoms with Crippen molar-refractivity contribution >= 4 is 23.4 Å². The van der Waals surface area contributed by atoms with E-state index in [0.29, 0.717) is 36.0 Å². The van der Waals surface area contributed by atoms with Gasteiger partial charge in [0.1, 0.15) is 12.1 Å². The Morgan fingerprint density at radius 3 is 2.43 bits per heavy atom. The van der Waals surface area contributed by atoms with Crippen molar-refractivity contribution in [2.45, 2.75) is 44.9 Å². The van der Waals surface area contributed by atoms with Gasteiger partial charge in [-0.05, 0) is 62.3 Å². The summed E-state index contributed by atoms with van der Waals surface area (Å²) in [5.74, 6) is 3.17. The second kappa shape index (κ2) is 8.39. The molecule has 2 aliphatic heterocycles. The predicted molar refractivity (Wildman–Crippen MR) is 126 cm³/mol. The molecule has 6 rings (SSSR count). The minimum absolute atomic E-state index is 0.290. The van der Waals surface area contributed by atoms with Crippen LogP contribution in [-0.4, -0.2) is 50.4 Å². The third-order valence-corrected chi connectivity index (χ3v) is 7.39. The Labute approximate surface area is 201 Å². The number of aromatic nitrogens is 5. The van der Waals surface area contributed by atoms with Gasteiger partial charge in [-0.2, -0.15) is 18.2 Å². The van der Waals surface area contributed by atoms with Crippen LogP contribution in [0.3, 0.4) is 0 Å². The number of benzene rings is 1. The molecule has 11 heteroatoms. The van der Waals surface area contributed by atoms with E-state index in [1.165, 1.54) is 12.1 Å². The Kier molecular flexibility index (Phi) is 5.30. The maximum Gasteiger partial charge on any atom is 0.416 e. The second-order valence-corrected chi connectivity index (χ2v) is 9.70. The minimum atomic E-state index is -4.35.